The van der Waals surface area contributed by atoms with Crippen molar-refractivity contribution in [2.24, 2.45) is 5.92 Å². The van der Waals surface area contributed by atoms with Crippen LogP contribution in [0.2, 0.25) is 0 Å². The minimum Gasteiger partial charge on any atom is -0.373 e. The van der Waals surface area contributed by atoms with Crippen LogP contribution in [0.4, 0.5) is 0 Å². The van der Waals surface area contributed by atoms with E-state index in [0.29, 0.717) is 12.0 Å². The van der Waals surface area contributed by atoms with Crippen LogP contribution in [-0.2, 0) is 11.3 Å². The molecule has 4 rings (SSSR count). The van der Waals surface area contributed by atoms with E-state index in [4.69, 9.17) is 4.74 Å². The van der Waals surface area contributed by atoms with Gasteiger partial charge in [0.2, 0.25) is 0 Å². The number of ether oxygens (including phenoxy) is 1. The second kappa shape index (κ2) is 8.76. The molecule has 2 aliphatic rings. The van der Waals surface area contributed by atoms with Crippen molar-refractivity contribution in [3.8, 4) is 0 Å². The number of benzene rings is 1. The normalized spacial score (nSPS) is 24.8. The molecule has 138 valence electrons. The number of piperidine rings is 1. The Kier molecular flexibility index (Phi) is 5.95. The van der Waals surface area contributed by atoms with Crippen LogP contribution in [0.15, 0.2) is 54.7 Å². The fraction of sp³-hybridized carbons (Fsp3) is 0.500. The van der Waals surface area contributed by atoms with E-state index in [-0.39, 0.29) is 6.10 Å². The molecule has 0 saturated carbocycles. The largest absolute Gasteiger partial charge is 0.373 e. The summed E-state index contributed by atoms with van der Waals surface area (Å²) >= 11 is 0. The lowest BCUT2D eigenvalue weighted by Crippen LogP contribution is -2.43. The second-order valence-electron chi connectivity index (χ2n) is 7.53. The Morgan fingerprint density at radius 3 is 2.58 bits per heavy atom. The lowest BCUT2D eigenvalue weighted by Gasteiger charge is -2.33. The van der Waals surface area contributed by atoms with Crippen LogP contribution in [0.5, 0.6) is 0 Å². The molecule has 1 N–H and O–H groups in total. The van der Waals surface area contributed by atoms with Crippen molar-refractivity contribution < 1.29 is 4.74 Å². The van der Waals surface area contributed by atoms with Gasteiger partial charge in [-0.05, 0) is 37.0 Å². The number of hydrogen-bond acceptors (Lipinski definition) is 4. The van der Waals surface area contributed by atoms with Crippen LogP contribution in [0.1, 0.15) is 36.6 Å². The minimum absolute atomic E-state index is 0.257. The molecule has 26 heavy (non-hydrogen) atoms. The van der Waals surface area contributed by atoms with E-state index in [2.05, 4.69) is 57.7 Å². The molecule has 1 aromatic heterocycles. The highest BCUT2D eigenvalue weighted by atomic mass is 16.5. The first-order valence-electron chi connectivity index (χ1n) is 9.91. The predicted octanol–water partition coefficient (Wildman–Crippen LogP) is 3.41. The molecule has 0 amide bonds. The molecule has 2 atom stereocenters. The van der Waals surface area contributed by atoms with Gasteiger partial charge in [0.25, 0.3) is 0 Å². The van der Waals surface area contributed by atoms with Crippen LogP contribution >= 0.6 is 0 Å². The van der Waals surface area contributed by atoms with Gasteiger partial charge in [-0.1, -0.05) is 36.4 Å². The number of likely N-dealkylation sites (tertiary alicyclic amines) is 1. The van der Waals surface area contributed by atoms with Gasteiger partial charge in [0, 0.05) is 50.9 Å². The third-order valence-corrected chi connectivity index (χ3v) is 5.71. The molecule has 2 fully saturated rings. The van der Waals surface area contributed by atoms with Gasteiger partial charge < -0.3 is 10.1 Å². The summed E-state index contributed by atoms with van der Waals surface area (Å²) in [5.41, 5.74) is 2.50. The lowest BCUT2D eigenvalue weighted by atomic mass is 9.94. The molecular formula is C22H29N3O. The molecular weight excluding hydrogens is 322 g/mol. The SMILES string of the molecule is c1ccc([C@@H]2OCC[C@H]2CNC2CCN(Cc3ccccn3)CC2)cc1. The Balaban J connectivity index is 1.22. The molecule has 2 aromatic rings. The Morgan fingerprint density at radius 2 is 1.81 bits per heavy atom. The number of nitrogens with one attached hydrogen (secondary N) is 1. The van der Waals surface area contributed by atoms with Crippen molar-refractivity contribution in [1.29, 1.82) is 0 Å². The molecule has 0 radical (unpaired) electrons. The van der Waals surface area contributed by atoms with Crippen molar-refractivity contribution >= 4 is 0 Å². The number of pyridine rings is 1. The number of hydrogen-bond donors (Lipinski definition) is 1. The van der Waals surface area contributed by atoms with Crippen molar-refractivity contribution in [1.82, 2.24) is 15.2 Å². The fourth-order valence-corrected chi connectivity index (χ4v) is 4.19. The maximum absolute atomic E-state index is 6.02. The van der Waals surface area contributed by atoms with Crippen LogP contribution < -0.4 is 5.32 Å². The summed E-state index contributed by atoms with van der Waals surface area (Å²) in [4.78, 5) is 6.97. The van der Waals surface area contributed by atoms with Crippen molar-refractivity contribution in [2.75, 3.05) is 26.2 Å². The van der Waals surface area contributed by atoms with Gasteiger partial charge in [0.05, 0.1) is 11.8 Å². The topological polar surface area (TPSA) is 37.4 Å². The Morgan fingerprint density at radius 1 is 1.00 bits per heavy atom. The molecule has 0 aliphatic carbocycles. The zero-order valence-corrected chi connectivity index (χ0v) is 15.4. The van der Waals surface area contributed by atoms with Crippen LogP contribution in [0.3, 0.4) is 0 Å². The van der Waals surface area contributed by atoms with Gasteiger partial charge in [0.15, 0.2) is 0 Å². The van der Waals surface area contributed by atoms with E-state index in [1.165, 1.54) is 24.1 Å². The molecule has 2 aliphatic heterocycles. The minimum atomic E-state index is 0.257. The highest BCUT2D eigenvalue weighted by Gasteiger charge is 2.30. The van der Waals surface area contributed by atoms with E-state index in [1.807, 2.05) is 12.3 Å². The van der Waals surface area contributed by atoms with Gasteiger partial charge in [-0.15, -0.1) is 0 Å². The van der Waals surface area contributed by atoms with Crippen LogP contribution in [-0.4, -0.2) is 42.2 Å². The summed E-state index contributed by atoms with van der Waals surface area (Å²) in [6.45, 7) is 5.22. The van der Waals surface area contributed by atoms with E-state index >= 15 is 0 Å². The van der Waals surface area contributed by atoms with Crippen LogP contribution in [0, 0.1) is 5.92 Å². The molecule has 4 nitrogen and oxygen atoms in total. The standard InChI is InChI=1S/C22H29N3O/c1-2-6-18(7-3-1)22-19(11-15-26-22)16-24-20-9-13-25(14-10-20)17-21-8-4-5-12-23-21/h1-8,12,19-20,22,24H,9-11,13-17H2/t19-,22-/m0/s1. The third kappa shape index (κ3) is 4.50. The number of aromatic nitrogens is 1. The summed E-state index contributed by atoms with van der Waals surface area (Å²) in [6.07, 6.45) is 5.74. The van der Waals surface area contributed by atoms with E-state index in [9.17, 15) is 0 Å². The second-order valence-corrected chi connectivity index (χ2v) is 7.53. The van der Waals surface area contributed by atoms with Crippen molar-refractivity contribution in [3.05, 3.63) is 66.0 Å². The molecule has 0 unspecified atom stereocenters. The maximum atomic E-state index is 6.02. The summed E-state index contributed by atoms with van der Waals surface area (Å²) in [6, 6.07) is 17.5. The van der Waals surface area contributed by atoms with Crippen molar-refractivity contribution in [2.45, 2.75) is 38.0 Å². The van der Waals surface area contributed by atoms with Gasteiger partial charge in [-0.3, -0.25) is 9.88 Å². The number of rotatable bonds is 6. The van der Waals surface area contributed by atoms with E-state index in [0.717, 1.165) is 39.2 Å². The highest BCUT2D eigenvalue weighted by Crippen LogP contribution is 2.34. The van der Waals surface area contributed by atoms with Gasteiger partial charge in [-0.25, -0.2) is 0 Å². The third-order valence-electron chi connectivity index (χ3n) is 5.71. The number of nitrogens with zero attached hydrogens (tertiary/aromatic N) is 2. The summed E-state index contributed by atoms with van der Waals surface area (Å²) in [7, 11) is 0. The smallest absolute Gasteiger partial charge is 0.0866 e. The molecule has 1 aromatic carbocycles. The van der Waals surface area contributed by atoms with Gasteiger partial charge >= 0.3 is 0 Å². The van der Waals surface area contributed by atoms with Crippen molar-refractivity contribution in [3.63, 3.8) is 0 Å². The average molecular weight is 351 g/mol. The molecule has 4 heteroatoms. The maximum Gasteiger partial charge on any atom is 0.0866 e. The van der Waals surface area contributed by atoms with Gasteiger partial charge in [0.1, 0.15) is 0 Å². The summed E-state index contributed by atoms with van der Waals surface area (Å²) in [5.74, 6) is 0.587. The average Bonchev–Trinajstić information content (AvgIpc) is 3.18. The first kappa shape index (κ1) is 17.7. The monoisotopic (exact) mass is 351 g/mol. The molecule has 3 heterocycles. The highest BCUT2D eigenvalue weighted by molar-refractivity contribution is 5.19. The van der Waals surface area contributed by atoms with Crippen LogP contribution in [0.25, 0.3) is 0 Å². The summed E-state index contributed by atoms with van der Waals surface area (Å²) in [5, 5.41) is 3.83. The van der Waals surface area contributed by atoms with Gasteiger partial charge in [-0.2, -0.15) is 0 Å². The van der Waals surface area contributed by atoms with E-state index in [1.54, 1.807) is 0 Å². The Labute approximate surface area is 156 Å². The molecule has 0 spiro atoms. The van der Waals surface area contributed by atoms with E-state index < -0.39 is 0 Å². The Bertz CT molecular complexity index is 656. The quantitative estimate of drug-likeness (QED) is 0.865. The fourth-order valence-electron chi connectivity index (χ4n) is 4.19. The zero-order valence-electron chi connectivity index (χ0n) is 15.4. The zero-order chi connectivity index (χ0) is 17.6. The molecule has 2 saturated heterocycles. The first-order valence-corrected chi connectivity index (χ1v) is 9.91. The molecule has 0 bridgehead atoms. The first-order chi connectivity index (χ1) is 12.9. The lowest BCUT2D eigenvalue weighted by molar-refractivity contribution is 0.0884. The Hall–Kier alpha value is -1.75. The predicted molar refractivity (Wildman–Crippen MR) is 104 cm³/mol. The summed E-state index contributed by atoms with van der Waals surface area (Å²) < 4.78 is 6.02.